The lowest BCUT2D eigenvalue weighted by Gasteiger charge is -2.09. The summed E-state index contributed by atoms with van der Waals surface area (Å²) in [6.45, 7) is 2.77. The van der Waals surface area contributed by atoms with Crippen LogP contribution in [0.4, 0.5) is 0 Å². The van der Waals surface area contributed by atoms with Crippen LogP contribution in [0.2, 0.25) is 0 Å². The van der Waals surface area contributed by atoms with E-state index in [1.807, 2.05) is 31.2 Å². The van der Waals surface area contributed by atoms with E-state index < -0.39 is 0 Å². The van der Waals surface area contributed by atoms with Gasteiger partial charge in [-0.15, -0.1) is 0 Å². The van der Waals surface area contributed by atoms with Crippen LogP contribution in [0, 0.1) is 6.92 Å². The minimum atomic E-state index is 0.0563. The molecule has 16 heavy (non-hydrogen) atoms. The Morgan fingerprint density at radius 1 is 1.38 bits per heavy atom. The van der Waals surface area contributed by atoms with Crippen molar-refractivity contribution in [3.05, 3.63) is 41.0 Å². The predicted octanol–water partition coefficient (Wildman–Crippen LogP) is 1.53. The molecule has 1 amide bonds. The quantitative estimate of drug-likeness (QED) is 0.724. The molecule has 1 saturated heterocycles. The van der Waals surface area contributed by atoms with Crippen molar-refractivity contribution in [3.63, 3.8) is 0 Å². The molecule has 84 valence electrons. The minimum absolute atomic E-state index is 0.0563. The molecule has 2 rings (SSSR count). The number of rotatable bonds is 1. The first-order valence-corrected chi connectivity index (χ1v) is 5.41. The Morgan fingerprint density at radius 2 is 2.06 bits per heavy atom. The molecule has 3 nitrogen and oxygen atoms in total. The summed E-state index contributed by atoms with van der Waals surface area (Å²) >= 11 is 0. The average molecular weight is 216 g/mol. The number of nitrogens with zero attached hydrogens (tertiary/aromatic N) is 1. The standard InChI is InChI=1S/C13H16N2O/c1-9-5-3-4-6-10(9)12(14)11-7-8-15(2)13(11)16/h3-6H,7-8,14H2,1-2H3/b12-11-. The molecule has 3 heteroatoms. The van der Waals surface area contributed by atoms with E-state index in [0.29, 0.717) is 5.70 Å². The van der Waals surface area contributed by atoms with Crippen LogP contribution in [0.5, 0.6) is 0 Å². The Balaban J connectivity index is 2.46. The molecule has 1 aromatic carbocycles. The van der Waals surface area contributed by atoms with Crippen LogP contribution in [0.25, 0.3) is 5.70 Å². The molecule has 0 aliphatic carbocycles. The molecule has 0 aromatic heterocycles. The van der Waals surface area contributed by atoms with Gasteiger partial charge in [0.05, 0.1) is 0 Å². The number of likely N-dealkylation sites (tertiary alicyclic amines) is 1. The van der Waals surface area contributed by atoms with Gasteiger partial charge in [-0.1, -0.05) is 24.3 Å². The topological polar surface area (TPSA) is 46.3 Å². The van der Waals surface area contributed by atoms with Crippen molar-refractivity contribution < 1.29 is 4.79 Å². The molecule has 1 aliphatic heterocycles. The fourth-order valence-corrected chi connectivity index (χ4v) is 2.01. The molecular formula is C13H16N2O. The zero-order valence-corrected chi connectivity index (χ0v) is 9.66. The summed E-state index contributed by atoms with van der Waals surface area (Å²) in [4.78, 5) is 13.5. The third-order valence-electron chi connectivity index (χ3n) is 3.06. The summed E-state index contributed by atoms with van der Waals surface area (Å²) in [7, 11) is 1.81. The van der Waals surface area contributed by atoms with Crippen molar-refractivity contribution in [2.45, 2.75) is 13.3 Å². The van der Waals surface area contributed by atoms with Gasteiger partial charge in [-0.2, -0.15) is 0 Å². The number of hydrogen-bond acceptors (Lipinski definition) is 2. The second-order valence-corrected chi connectivity index (χ2v) is 4.18. The Hall–Kier alpha value is -1.77. The van der Waals surface area contributed by atoms with Crippen molar-refractivity contribution in [1.82, 2.24) is 4.90 Å². The van der Waals surface area contributed by atoms with Gasteiger partial charge in [0.2, 0.25) is 0 Å². The molecule has 0 saturated carbocycles. The monoisotopic (exact) mass is 216 g/mol. The van der Waals surface area contributed by atoms with Crippen molar-refractivity contribution in [2.75, 3.05) is 13.6 Å². The van der Waals surface area contributed by atoms with Crippen molar-refractivity contribution in [1.29, 1.82) is 0 Å². The van der Waals surface area contributed by atoms with Gasteiger partial charge in [0.15, 0.2) is 0 Å². The number of nitrogens with two attached hydrogens (primary N) is 1. The first kappa shape index (κ1) is 10.7. The lowest BCUT2D eigenvalue weighted by Crippen LogP contribution is -2.20. The molecule has 2 N–H and O–H groups in total. The average Bonchev–Trinajstić information content (AvgIpc) is 2.60. The number of aryl methyl sites for hydroxylation is 1. The lowest BCUT2D eigenvalue weighted by molar-refractivity contribution is -0.123. The largest absolute Gasteiger partial charge is 0.398 e. The highest BCUT2D eigenvalue weighted by molar-refractivity contribution is 6.02. The van der Waals surface area contributed by atoms with E-state index in [1.54, 1.807) is 11.9 Å². The van der Waals surface area contributed by atoms with Crippen molar-refractivity contribution in [2.24, 2.45) is 5.73 Å². The van der Waals surface area contributed by atoms with Gasteiger partial charge in [-0.3, -0.25) is 4.79 Å². The fraction of sp³-hybridized carbons (Fsp3) is 0.308. The second kappa shape index (κ2) is 4.00. The first-order valence-electron chi connectivity index (χ1n) is 5.41. The van der Waals surface area contributed by atoms with Crippen molar-refractivity contribution in [3.8, 4) is 0 Å². The van der Waals surface area contributed by atoms with Crippen LogP contribution in [0.1, 0.15) is 17.5 Å². The molecule has 0 spiro atoms. The highest BCUT2D eigenvalue weighted by atomic mass is 16.2. The summed E-state index contributed by atoms with van der Waals surface area (Å²) in [5.41, 5.74) is 9.54. The van der Waals surface area contributed by atoms with Gasteiger partial charge in [0.1, 0.15) is 0 Å². The van der Waals surface area contributed by atoms with E-state index in [-0.39, 0.29) is 5.91 Å². The molecule has 1 fully saturated rings. The van der Waals surface area contributed by atoms with Gasteiger partial charge in [-0.25, -0.2) is 0 Å². The number of hydrogen-bond donors (Lipinski definition) is 1. The highest BCUT2D eigenvalue weighted by Crippen LogP contribution is 2.24. The SMILES string of the molecule is Cc1ccccc1/C(N)=C1\CCN(C)C1=O. The number of benzene rings is 1. The summed E-state index contributed by atoms with van der Waals surface area (Å²) < 4.78 is 0. The summed E-state index contributed by atoms with van der Waals surface area (Å²) in [5.74, 6) is 0.0563. The lowest BCUT2D eigenvalue weighted by atomic mass is 10.0. The third kappa shape index (κ3) is 1.69. The molecule has 1 aliphatic rings. The molecule has 0 atom stereocenters. The molecule has 1 aromatic rings. The first-order chi connectivity index (χ1) is 7.61. The van der Waals surface area contributed by atoms with Gasteiger partial charge >= 0.3 is 0 Å². The third-order valence-corrected chi connectivity index (χ3v) is 3.06. The van der Waals surface area contributed by atoms with E-state index in [9.17, 15) is 4.79 Å². The number of carbonyl (C=O) groups excluding carboxylic acids is 1. The second-order valence-electron chi connectivity index (χ2n) is 4.18. The van der Waals surface area contributed by atoms with Crippen LogP contribution in [-0.4, -0.2) is 24.4 Å². The minimum Gasteiger partial charge on any atom is -0.398 e. The Labute approximate surface area is 95.6 Å². The maximum atomic E-state index is 11.8. The van der Waals surface area contributed by atoms with Crippen LogP contribution in [-0.2, 0) is 4.79 Å². The van der Waals surface area contributed by atoms with E-state index in [1.165, 1.54) is 0 Å². The molecule has 0 radical (unpaired) electrons. The van der Waals surface area contributed by atoms with Gasteiger partial charge in [0, 0.05) is 30.4 Å². The number of amides is 1. The van der Waals surface area contributed by atoms with Gasteiger partial charge in [-0.05, 0) is 18.9 Å². The molecule has 1 heterocycles. The number of likely N-dealkylation sites (N-methyl/N-ethyl adjacent to an activating group) is 1. The number of carbonyl (C=O) groups is 1. The molecule has 0 bridgehead atoms. The van der Waals surface area contributed by atoms with Crippen LogP contribution < -0.4 is 5.73 Å². The van der Waals surface area contributed by atoms with E-state index >= 15 is 0 Å². The van der Waals surface area contributed by atoms with Crippen LogP contribution in [0.3, 0.4) is 0 Å². The summed E-state index contributed by atoms with van der Waals surface area (Å²) in [6, 6.07) is 7.88. The normalized spacial score (nSPS) is 19.1. The zero-order valence-electron chi connectivity index (χ0n) is 9.66. The maximum absolute atomic E-state index is 11.8. The fourth-order valence-electron chi connectivity index (χ4n) is 2.01. The highest BCUT2D eigenvalue weighted by Gasteiger charge is 2.25. The molecular weight excluding hydrogens is 200 g/mol. The van der Waals surface area contributed by atoms with E-state index in [2.05, 4.69) is 0 Å². The smallest absolute Gasteiger partial charge is 0.251 e. The predicted molar refractivity (Wildman–Crippen MR) is 64.5 cm³/mol. The van der Waals surface area contributed by atoms with E-state index in [4.69, 9.17) is 5.73 Å². The Kier molecular flexibility index (Phi) is 2.69. The van der Waals surface area contributed by atoms with Crippen molar-refractivity contribution >= 4 is 11.6 Å². The summed E-state index contributed by atoms with van der Waals surface area (Å²) in [6.07, 6.45) is 0.746. The Bertz CT molecular complexity index is 463. The Morgan fingerprint density at radius 3 is 2.62 bits per heavy atom. The van der Waals surface area contributed by atoms with Gasteiger partial charge in [0.25, 0.3) is 5.91 Å². The van der Waals surface area contributed by atoms with Gasteiger partial charge < -0.3 is 10.6 Å². The van der Waals surface area contributed by atoms with E-state index in [0.717, 1.165) is 29.7 Å². The maximum Gasteiger partial charge on any atom is 0.251 e. The van der Waals surface area contributed by atoms with Crippen LogP contribution >= 0.6 is 0 Å². The van der Waals surface area contributed by atoms with Crippen LogP contribution in [0.15, 0.2) is 29.8 Å². The zero-order chi connectivity index (χ0) is 11.7. The summed E-state index contributed by atoms with van der Waals surface area (Å²) in [5, 5.41) is 0. The molecule has 0 unspecified atom stereocenters.